The van der Waals surface area contributed by atoms with Crippen molar-refractivity contribution in [2.45, 2.75) is 44.2 Å². The molecule has 7 heteroatoms. The van der Waals surface area contributed by atoms with Crippen molar-refractivity contribution in [3.8, 4) is 11.5 Å². The van der Waals surface area contributed by atoms with Gasteiger partial charge in [-0.05, 0) is 42.7 Å². The van der Waals surface area contributed by atoms with Crippen LogP contribution in [0.5, 0.6) is 0 Å². The van der Waals surface area contributed by atoms with Crippen LogP contribution in [0.1, 0.15) is 49.6 Å². The molecule has 1 heterocycles. The summed E-state index contributed by atoms with van der Waals surface area (Å²) in [5, 5.41) is 15.1. The maximum atomic E-state index is 12.7. The number of nitrogens with one attached hydrogen (secondary N) is 2. The number of nitrogens with zero attached hydrogens (tertiary/aromatic N) is 2. The van der Waals surface area contributed by atoms with Gasteiger partial charge in [0.15, 0.2) is 0 Å². The van der Waals surface area contributed by atoms with Gasteiger partial charge in [0.25, 0.3) is 0 Å². The fourth-order valence-corrected chi connectivity index (χ4v) is 3.72. The second kappa shape index (κ2) is 9.09. The fraction of sp³-hybridized carbons (Fsp3) is 0.318. The van der Waals surface area contributed by atoms with Crippen LogP contribution in [-0.4, -0.2) is 22.3 Å². The number of aromatic nitrogens is 2. The van der Waals surface area contributed by atoms with Gasteiger partial charge in [-0.25, -0.2) is 4.79 Å². The molecule has 0 radical (unpaired) electrons. The van der Waals surface area contributed by atoms with E-state index >= 15 is 0 Å². The molecule has 6 nitrogen and oxygen atoms in total. The summed E-state index contributed by atoms with van der Waals surface area (Å²) in [5.74, 6) is 0.715. The zero-order chi connectivity index (χ0) is 20.1. The second-order valence-corrected chi connectivity index (χ2v) is 7.69. The predicted molar refractivity (Wildman–Crippen MR) is 112 cm³/mol. The molecule has 1 aliphatic carbocycles. The summed E-state index contributed by atoms with van der Waals surface area (Å²) < 4.78 is 5.91. The molecule has 1 fully saturated rings. The molecule has 1 saturated carbocycles. The zero-order valence-electron chi connectivity index (χ0n) is 16.0. The summed E-state index contributed by atoms with van der Waals surface area (Å²) in [4.78, 5) is 12.7. The molecular formula is C22H23ClN4O2. The first-order valence-electron chi connectivity index (χ1n) is 9.90. The van der Waals surface area contributed by atoms with Crippen molar-refractivity contribution in [3.63, 3.8) is 0 Å². The molecule has 1 aliphatic rings. The van der Waals surface area contributed by atoms with Gasteiger partial charge in [-0.15, -0.1) is 10.2 Å². The van der Waals surface area contributed by atoms with E-state index < -0.39 is 6.04 Å². The van der Waals surface area contributed by atoms with Gasteiger partial charge < -0.3 is 15.1 Å². The lowest BCUT2D eigenvalue weighted by Crippen LogP contribution is -2.44. The standard InChI is InChI=1S/C22H23ClN4O2/c23-17-13-11-16(12-14-17)20-26-27-21(29-20)19(15-7-3-1-4-8-15)25-22(28)24-18-9-5-2-6-10-18/h1,3-4,7-8,11-14,18-19H,2,5-6,9-10H2,(H2,24,25,28). The van der Waals surface area contributed by atoms with E-state index in [9.17, 15) is 4.79 Å². The summed E-state index contributed by atoms with van der Waals surface area (Å²) in [5.41, 5.74) is 1.64. The molecule has 0 aliphatic heterocycles. The summed E-state index contributed by atoms with van der Waals surface area (Å²) >= 11 is 5.95. The number of urea groups is 1. The van der Waals surface area contributed by atoms with Crippen molar-refractivity contribution in [1.29, 1.82) is 0 Å². The molecule has 3 aromatic rings. The van der Waals surface area contributed by atoms with Crippen molar-refractivity contribution in [2.75, 3.05) is 0 Å². The molecule has 4 rings (SSSR count). The number of rotatable bonds is 5. The number of hydrogen-bond donors (Lipinski definition) is 2. The van der Waals surface area contributed by atoms with Gasteiger partial charge in [0, 0.05) is 16.6 Å². The molecular weight excluding hydrogens is 388 g/mol. The molecule has 0 bridgehead atoms. The number of carbonyl (C=O) groups is 1. The van der Waals surface area contributed by atoms with E-state index in [1.54, 1.807) is 12.1 Å². The molecule has 29 heavy (non-hydrogen) atoms. The second-order valence-electron chi connectivity index (χ2n) is 7.25. The molecule has 1 unspecified atom stereocenters. The van der Waals surface area contributed by atoms with E-state index in [-0.39, 0.29) is 12.1 Å². The molecule has 0 spiro atoms. The highest BCUT2D eigenvalue weighted by Crippen LogP contribution is 2.26. The van der Waals surface area contributed by atoms with E-state index in [0.717, 1.165) is 36.8 Å². The third-order valence-corrected chi connectivity index (χ3v) is 5.38. The Hall–Kier alpha value is -2.86. The van der Waals surface area contributed by atoms with Crippen LogP contribution in [0.2, 0.25) is 5.02 Å². The fourth-order valence-electron chi connectivity index (χ4n) is 3.60. The van der Waals surface area contributed by atoms with E-state index in [0.29, 0.717) is 16.8 Å². The number of amides is 2. The number of benzene rings is 2. The summed E-state index contributed by atoms with van der Waals surface area (Å²) in [6, 6.07) is 16.2. The first-order chi connectivity index (χ1) is 14.2. The average Bonchev–Trinajstić information content (AvgIpc) is 3.24. The highest BCUT2D eigenvalue weighted by molar-refractivity contribution is 6.30. The summed E-state index contributed by atoms with van der Waals surface area (Å²) in [7, 11) is 0. The first-order valence-corrected chi connectivity index (χ1v) is 10.3. The molecule has 1 atom stereocenters. The summed E-state index contributed by atoms with van der Waals surface area (Å²) in [6.45, 7) is 0. The Morgan fingerprint density at radius 2 is 1.72 bits per heavy atom. The monoisotopic (exact) mass is 410 g/mol. The lowest BCUT2D eigenvalue weighted by Gasteiger charge is -2.24. The Labute approximate surface area is 174 Å². The minimum Gasteiger partial charge on any atom is -0.418 e. The maximum absolute atomic E-state index is 12.7. The summed E-state index contributed by atoms with van der Waals surface area (Å²) in [6.07, 6.45) is 5.58. The maximum Gasteiger partial charge on any atom is 0.315 e. The molecule has 2 N–H and O–H groups in total. The van der Waals surface area contributed by atoms with Crippen LogP contribution < -0.4 is 10.6 Å². The molecule has 1 aromatic heterocycles. The lowest BCUT2D eigenvalue weighted by molar-refractivity contribution is 0.228. The van der Waals surface area contributed by atoms with Crippen LogP contribution in [0.15, 0.2) is 59.0 Å². The van der Waals surface area contributed by atoms with Gasteiger partial charge in [-0.2, -0.15) is 0 Å². The van der Waals surface area contributed by atoms with E-state index in [1.165, 1.54) is 6.42 Å². The van der Waals surface area contributed by atoms with Gasteiger partial charge in [-0.1, -0.05) is 61.2 Å². The minimum absolute atomic E-state index is 0.215. The van der Waals surface area contributed by atoms with Crippen LogP contribution in [0.3, 0.4) is 0 Å². The number of halogens is 1. The van der Waals surface area contributed by atoms with Crippen molar-refractivity contribution in [3.05, 3.63) is 71.1 Å². The normalized spacial score (nSPS) is 15.6. The largest absolute Gasteiger partial charge is 0.418 e. The van der Waals surface area contributed by atoms with Crippen LogP contribution in [0, 0.1) is 0 Å². The average molecular weight is 411 g/mol. The molecule has 0 saturated heterocycles. The first kappa shape index (κ1) is 19.5. The van der Waals surface area contributed by atoms with Crippen LogP contribution in [-0.2, 0) is 0 Å². The van der Waals surface area contributed by atoms with Crippen LogP contribution >= 0.6 is 11.6 Å². The third-order valence-electron chi connectivity index (χ3n) is 5.13. The van der Waals surface area contributed by atoms with Gasteiger partial charge in [0.1, 0.15) is 6.04 Å². The number of hydrogen-bond acceptors (Lipinski definition) is 4. The Morgan fingerprint density at radius 1 is 1.00 bits per heavy atom. The quantitative estimate of drug-likeness (QED) is 0.612. The van der Waals surface area contributed by atoms with Gasteiger partial charge in [-0.3, -0.25) is 0 Å². The van der Waals surface area contributed by atoms with Crippen molar-refractivity contribution >= 4 is 17.6 Å². The van der Waals surface area contributed by atoms with Gasteiger partial charge in [0.2, 0.25) is 11.8 Å². The third kappa shape index (κ3) is 4.95. The van der Waals surface area contributed by atoms with E-state index in [1.807, 2.05) is 42.5 Å². The minimum atomic E-state index is -0.534. The van der Waals surface area contributed by atoms with Gasteiger partial charge in [0.05, 0.1) is 0 Å². The van der Waals surface area contributed by atoms with E-state index in [2.05, 4.69) is 20.8 Å². The molecule has 150 valence electrons. The van der Waals surface area contributed by atoms with Crippen molar-refractivity contribution < 1.29 is 9.21 Å². The molecule has 2 aromatic carbocycles. The van der Waals surface area contributed by atoms with Crippen LogP contribution in [0.25, 0.3) is 11.5 Å². The zero-order valence-corrected chi connectivity index (χ0v) is 16.7. The Morgan fingerprint density at radius 3 is 2.45 bits per heavy atom. The highest BCUT2D eigenvalue weighted by Gasteiger charge is 2.25. The molecule has 2 amide bonds. The lowest BCUT2D eigenvalue weighted by atomic mass is 9.96. The predicted octanol–water partition coefficient (Wildman–Crippen LogP) is 5.11. The van der Waals surface area contributed by atoms with Crippen molar-refractivity contribution in [1.82, 2.24) is 20.8 Å². The smallest absolute Gasteiger partial charge is 0.315 e. The van der Waals surface area contributed by atoms with Crippen LogP contribution in [0.4, 0.5) is 4.79 Å². The van der Waals surface area contributed by atoms with Crippen molar-refractivity contribution in [2.24, 2.45) is 0 Å². The SMILES string of the molecule is O=C(NC1CCCCC1)NC(c1ccccc1)c1nnc(-c2ccc(Cl)cc2)o1. The topological polar surface area (TPSA) is 80.0 Å². The highest BCUT2D eigenvalue weighted by atomic mass is 35.5. The Bertz CT molecular complexity index is 937. The Balaban J connectivity index is 1.54. The van der Waals surface area contributed by atoms with Gasteiger partial charge >= 0.3 is 6.03 Å². The number of carbonyl (C=O) groups excluding carboxylic acids is 1. The Kier molecular flexibility index (Phi) is 6.10. The van der Waals surface area contributed by atoms with E-state index in [4.69, 9.17) is 16.0 Å².